The SMILES string of the molecule is [OH-].[OH-].[OH-].[Y+3].[Zr+4]. The van der Waals surface area contributed by atoms with Gasteiger partial charge in [-0.05, 0) is 0 Å². The summed E-state index contributed by atoms with van der Waals surface area (Å²) in [6.45, 7) is 0. The third-order valence-electron chi connectivity index (χ3n) is 0. The van der Waals surface area contributed by atoms with Gasteiger partial charge in [0.15, 0.2) is 0 Å². The predicted octanol–water partition coefficient (Wildman–Crippen LogP) is -0.535. The van der Waals surface area contributed by atoms with Gasteiger partial charge in [-0.3, -0.25) is 0 Å². The molecule has 0 aliphatic carbocycles. The van der Waals surface area contributed by atoms with Crippen LogP contribution in [-0.4, -0.2) is 16.4 Å². The van der Waals surface area contributed by atoms with Crippen LogP contribution in [0.5, 0.6) is 0 Å². The Hall–Kier alpha value is 1.87. The summed E-state index contributed by atoms with van der Waals surface area (Å²) in [4.78, 5) is 0. The van der Waals surface area contributed by atoms with Crippen molar-refractivity contribution in [1.29, 1.82) is 0 Å². The van der Waals surface area contributed by atoms with Gasteiger partial charge in [-0.2, -0.15) is 0 Å². The molecule has 0 rings (SSSR count). The van der Waals surface area contributed by atoms with Crippen LogP contribution in [0.4, 0.5) is 0 Å². The number of hydrogen-bond acceptors (Lipinski definition) is 3. The molecule has 3 N–H and O–H groups in total. The summed E-state index contributed by atoms with van der Waals surface area (Å²) in [6, 6.07) is 0. The maximum atomic E-state index is 0. The molecule has 0 aliphatic heterocycles. The fraction of sp³-hybridized carbons (Fsp3) is 0. The normalized spacial score (nSPS) is 0. The zero-order valence-electron chi connectivity index (χ0n) is 2.42. The second-order valence-corrected chi connectivity index (χ2v) is 0. The third-order valence-corrected chi connectivity index (χ3v) is 0. The molecule has 5 heteroatoms. The van der Waals surface area contributed by atoms with Crippen molar-refractivity contribution in [3.63, 3.8) is 0 Å². The van der Waals surface area contributed by atoms with Gasteiger partial charge in [-0.25, -0.2) is 0 Å². The molecule has 24 valence electrons. The minimum atomic E-state index is 0. The van der Waals surface area contributed by atoms with E-state index in [2.05, 4.69) is 0 Å². The summed E-state index contributed by atoms with van der Waals surface area (Å²) in [7, 11) is 0. The van der Waals surface area contributed by atoms with Gasteiger partial charge in [0, 0.05) is 0 Å². The van der Waals surface area contributed by atoms with Crippen LogP contribution in [-0.2, 0) is 58.9 Å². The molecule has 0 heterocycles. The minimum Gasteiger partial charge on any atom is -0.870 e. The molecule has 0 aromatic heterocycles. The standard InChI is InChI=1S/3H2O.Y.Zr/h3*1H2;;/q;;;+3;+4/p-3. The van der Waals surface area contributed by atoms with Crippen molar-refractivity contribution >= 4 is 0 Å². The van der Waals surface area contributed by atoms with E-state index in [-0.39, 0.29) is 75.3 Å². The molecule has 0 saturated carbocycles. The van der Waals surface area contributed by atoms with Crippen LogP contribution in [0.1, 0.15) is 0 Å². The van der Waals surface area contributed by atoms with Crippen LogP contribution in [0.15, 0.2) is 0 Å². The van der Waals surface area contributed by atoms with Crippen molar-refractivity contribution < 1.29 is 75.3 Å². The average Bonchev–Trinajstić information content (AvgIpc) is 0. The van der Waals surface area contributed by atoms with E-state index in [9.17, 15) is 0 Å². The van der Waals surface area contributed by atoms with E-state index in [1.54, 1.807) is 0 Å². The second-order valence-electron chi connectivity index (χ2n) is 0. The number of hydrogen-bond donors (Lipinski definition) is 0. The third kappa shape index (κ3) is 25.2. The Labute approximate surface area is 74.4 Å². The Kier molecular flexibility index (Phi) is 541. The van der Waals surface area contributed by atoms with Gasteiger partial charge in [0.25, 0.3) is 0 Å². The Morgan fingerprint density at radius 3 is 0.600 bits per heavy atom. The van der Waals surface area contributed by atoms with E-state index in [0.29, 0.717) is 0 Å². The molecule has 3 nitrogen and oxygen atoms in total. The summed E-state index contributed by atoms with van der Waals surface area (Å²) < 4.78 is 0. The first-order valence-electron chi connectivity index (χ1n) is 0. The van der Waals surface area contributed by atoms with Gasteiger partial charge in [0.05, 0.1) is 0 Å². The molecule has 0 fully saturated rings. The van der Waals surface area contributed by atoms with E-state index in [1.807, 2.05) is 0 Å². The van der Waals surface area contributed by atoms with Crippen LogP contribution < -0.4 is 0 Å². The van der Waals surface area contributed by atoms with Crippen LogP contribution in [0, 0.1) is 0 Å². The molecule has 0 aliphatic rings. The molecule has 0 spiro atoms. The molecule has 0 atom stereocenters. The fourth-order valence-electron chi connectivity index (χ4n) is 0. The summed E-state index contributed by atoms with van der Waals surface area (Å²) in [5.74, 6) is 0. The Morgan fingerprint density at radius 2 is 0.600 bits per heavy atom. The average molecular weight is 231 g/mol. The molecular formula is H3O3YZr+4. The van der Waals surface area contributed by atoms with Gasteiger partial charge in [0.2, 0.25) is 0 Å². The monoisotopic (exact) mass is 230 g/mol. The fourth-order valence-corrected chi connectivity index (χ4v) is 0. The molecule has 0 aromatic carbocycles. The Balaban J connectivity index is 0. The molecule has 0 saturated heterocycles. The van der Waals surface area contributed by atoms with Gasteiger partial charge >= 0.3 is 58.9 Å². The van der Waals surface area contributed by atoms with Crippen LogP contribution in [0.3, 0.4) is 0 Å². The first-order valence-corrected chi connectivity index (χ1v) is 0. The van der Waals surface area contributed by atoms with Crippen LogP contribution in [0.2, 0.25) is 0 Å². The van der Waals surface area contributed by atoms with E-state index >= 15 is 0 Å². The van der Waals surface area contributed by atoms with Crippen molar-refractivity contribution in [3.8, 4) is 0 Å². The first kappa shape index (κ1) is 67.8. The van der Waals surface area contributed by atoms with Gasteiger partial charge in [-0.1, -0.05) is 0 Å². The topological polar surface area (TPSA) is 90.0 Å². The molecular weight excluding hydrogens is 228 g/mol. The molecule has 0 bridgehead atoms. The maximum absolute atomic E-state index is 0. The Bertz CT molecular complexity index is 6.85. The molecule has 0 amide bonds. The van der Waals surface area contributed by atoms with Crippen LogP contribution in [0.25, 0.3) is 0 Å². The van der Waals surface area contributed by atoms with Crippen molar-refractivity contribution in [3.05, 3.63) is 0 Å². The first-order chi connectivity index (χ1) is 0. The van der Waals surface area contributed by atoms with E-state index in [1.165, 1.54) is 0 Å². The largest absolute Gasteiger partial charge is 4.00 e. The summed E-state index contributed by atoms with van der Waals surface area (Å²) in [6.07, 6.45) is 0. The summed E-state index contributed by atoms with van der Waals surface area (Å²) >= 11 is 0. The molecule has 5 heavy (non-hydrogen) atoms. The summed E-state index contributed by atoms with van der Waals surface area (Å²) in [5.41, 5.74) is 0. The van der Waals surface area contributed by atoms with E-state index in [0.717, 1.165) is 0 Å². The van der Waals surface area contributed by atoms with Crippen molar-refractivity contribution in [2.45, 2.75) is 0 Å². The zero-order valence-corrected chi connectivity index (χ0v) is 7.72. The van der Waals surface area contributed by atoms with E-state index in [4.69, 9.17) is 0 Å². The Morgan fingerprint density at radius 1 is 0.600 bits per heavy atom. The number of rotatable bonds is 0. The summed E-state index contributed by atoms with van der Waals surface area (Å²) in [5, 5.41) is 0. The van der Waals surface area contributed by atoms with Gasteiger partial charge in [0.1, 0.15) is 0 Å². The van der Waals surface area contributed by atoms with E-state index < -0.39 is 0 Å². The zero-order chi connectivity index (χ0) is 0. The molecule has 0 unspecified atom stereocenters. The smallest absolute Gasteiger partial charge is 0.870 e. The van der Waals surface area contributed by atoms with Crippen molar-refractivity contribution in [1.82, 2.24) is 0 Å². The second kappa shape index (κ2) is 39.9. The van der Waals surface area contributed by atoms with Crippen LogP contribution >= 0.6 is 0 Å². The van der Waals surface area contributed by atoms with Crippen molar-refractivity contribution in [2.24, 2.45) is 0 Å². The molecule has 0 aromatic rings. The van der Waals surface area contributed by atoms with Gasteiger partial charge < -0.3 is 16.4 Å². The predicted molar refractivity (Wildman–Crippen MR) is 5.81 cm³/mol. The maximum Gasteiger partial charge on any atom is 4.00 e. The minimum absolute atomic E-state index is 0. The van der Waals surface area contributed by atoms with Crippen molar-refractivity contribution in [2.75, 3.05) is 0 Å². The quantitative estimate of drug-likeness (QED) is 0.560. The van der Waals surface area contributed by atoms with Gasteiger partial charge in [-0.15, -0.1) is 0 Å². The molecule has 0 radical (unpaired) electrons.